The fourth-order valence-corrected chi connectivity index (χ4v) is 2.55. The van der Waals surface area contributed by atoms with E-state index in [0.29, 0.717) is 5.69 Å². The maximum Gasteiger partial charge on any atom is 0.387 e. The number of amides is 1. The zero-order valence-corrected chi connectivity index (χ0v) is 11.8. The van der Waals surface area contributed by atoms with Gasteiger partial charge < -0.3 is 15.4 Å². The van der Waals surface area contributed by atoms with Crippen molar-refractivity contribution in [2.24, 2.45) is 0 Å². The highest BCUT2D eigenvalue weighted by Gasteiger charge is 2.22. The van der Waals surface area contributed by atoms with Crippen molar-refractivity contribution in [2.45, 2.75) is 25.5 Å². The van der Waals surface area contributed by atoms with Crippen LogP contribution in [0, 0.1) is 0 Å². The van der Waals surface area contributed by atoms with Crippen LogP contribution in [0.15, 0.2) is 12.1 Å². The van der Waals surface area contributed by atoms with E-state index in [0.717, 1.165) is 19.4 Å². The van der Waals surface area contributed by atoms with Crippen molar-refractivity contribution in [3.05, 3.63) is 22.2 Å². The minimum absolute atomic E-state index is 0.0903. The maximum absolute atomic E-state index is 12.2. The zero-order valence-electron chi connectivity index (χ0n) is 10.3. The van der Waals surface area contributed by atoms with Crippen molar-refractivity contribution < 1.29 is 18.3 Å². The molecule has 8 heteroatoms. The van der Waals surface area contributed by atoms with Gasteiger partial charge in [-0.05, 0) is 31.5 Å². The van der Waals surface area contributed by atoms with Crippen LogP contribution in [-0.2, 0) is 4.79 Å². The van der Waals surface area contributed by atoms with E-state index in [4.69, 9.17) is 23.2 Å². The van der Waals surface area contributed by atoms with Gasteiger partial charge in [-0.1, -0.05) is 23.2 Å². The molecule has 1 unspecified atom stereocenters. The predicted octanol–water partition coefficient (Wildman–Crippen LogP) is 3.29. The number of alkyl halides is 2. The lowest BCUT2D eigenvalue weighted by molar-refractivity contribution is -0.117. The van der Waals surface area contributed by atoms with Crippen molar-refractivity contribution in [2.75, 3.05) is 11.9 Å². The second-order valence-electron chi connectivity index (χ2n) is 4.29. The van der Waals surface area contributed by atoms with Crippen molar-refractivity contribution >= 4 is 34.8 Å². The standard InChI is InChI=1S/C12H12Cl2F2N2O2/c13-7-4-6(5-8(14)10(7)20-12(15)16)18-11(19)9-2-1-3-17-9/h4-5,9,12,17H,1-3H2,(H,18,19). The van der Waals surface area contributed by atoms with Crippen LogP contribution in [0.5, 0.6) is 5.75 Å². The summed E-state index contributed by atoms with van der Waals surface area (Å²) in [5.41, 5.74) is 0.334. The van der Waals surface area contributed by atoms with Crippen LogP contribution in [0.25, 0.3) is 0 Å². The second-order valence-corrected chi connectivity index (χ2v) is 5.10. The summed E-state index contributed by atoms with van der Waals surface area (Å²) in [6.45, 7) is -2.23. The average Bonchev–Trinajstić information content (AvgIpc) is 2.87. The van der Waals surface area contributed by atoms with Crippen molar-refractivity contribution in [1.29, 1.82) is 0 Å². The molecule has 110 valence electrons. The highest BCUT2D eigenvalue weighted by molar-refractivity contribution is 6.37. The molecule has 1 saturated heterocycles. The lowest BCUT2D eigenvalue weighted by Crippen LogP contribution is -2.35. The number of hydrogen-bond acceptors (Lipinski definition) is 3. The smallest absolute Gasteiger partial charge is 0.387 e. The summed E-state index contributed by atoms with van der Waals surface area (Å²) in [7, 11) is 0. The average molecular weight is 325 g/mol. The number of nitrogens with one attached hydrogen (secondary N) is 2. The summed E-state index contributed by atoms with van der Waals surface area (Å²) < 4.78 is 28.6. The second kappa shape index (κ2) is 6.56. The molecular formula is C12H12Cl2F2N2O2. The van der Waals surface area contributed by atoms with Gasteiger partial charge in [-0.15, -0.1) is 0 Å². The van der Waals surface area contributed by atoms with Gasteiger partial charge in [-0.2, -0.15) is 8.78 Å². The Morgan fingerprint density at radius 1 is 1.40 bits per heavy atom. The monoisotopic (exact) mass is 324 g/mol. The highest BCUT2D eigenvalue weighted by atomic mass is 35.5. The summed E-state index contributed by atoms with van der Waals surface area (Å²) in [6.07, 6.45) is 1.68. The Morgan fingerprint density at radius 2 is 2.05 bits per heavy atom. The molecule has 0 aliphatic carbocycles. The molecule has 0 spiro atoms. The first-order valence-electron chi connectivity index (χ1n) is 5.95. The molecule has 1 aromatic rings. The van der Waals surface area contributed by atoms with E-state index in [-0.39, 0.29) is 27.7 Å². The number of carbonyl (C=O) groups excluding carboxylic acids is 1. The molecule has 20 heavy (non-hydrogen) atoms. The first-order chi connectivity index (χ1) is 9.47. The van der Waals surface area contributed by atoms with Crippen molar-refractivity contribution in [1.82, 2.24) is 5.32 Å². The molecule has 1 aliphatic heterocycles. The molecule has 2 rings (SSSR count). The Morgan fingerprint density at radius 3 is 2.55 bits per heavy atom. The molecule has 0 bridgehead atoms. The summed E-state index contributed by atoms with van der Waals surface area (Å²) in [6, 6.07) is 2.38. The van der Waals surface area contributed by atoms with Gasteiger partial charge in [0.05, 0.1) is 16.1 Å². The topological polar surface area (TPSA) is 50.4 Å². The lowest BCUT2D eigenvalue weighted by Gasteiger charge is -2.14. The Bertz CT molecular complexity index is 485. The van der Waals surface area contributed by atoms with Gasteiger partial charge >= 0.3 is 6.61 Å². The van der Waals surface area contributed by atoms with Gasteiger partial charge in [0.1, 0.15) is 0 Å². The van der Waals surface area contributed by atoms with E-state index < -0.39 is 6.61 Å². The van der Waals surface area contributed by atoms with Crippen LogP contribution in [0.4, 0.5) is 14.5 Å². The number of carbonyl (C=O) groups is 1. The molecule has 1 aliphatic rings. The zero-order chi connectivity index (χ0) is 14.7. The summed E-state index contributed by atoms with van der Waals surface area (Å²) in [4.78, 5) is 11.9. The Labute approximate surface area is 124 Å². The van der Waals surface area contributed by atoms with Crippen LogP contribution in [0.1, 0.15) is 12.8 Å². The van der Waals surface area contributed by atoms with E-state index in [1.54, 1.807) is 0 Å². The number of halogens is 4. The van der Waals surface area contributed by atoms with E-state index >= 15 is 0 Å². The highest BCUT2D eigenvalue weighted by Crippen LogP contribution is 2.37. The van der Waals surface area contributed by atoms with E-state index in [1.165, 1.54) is 12.1 Å². The maximum atomic E-state index is 12.2. The SMILES string of the molecule is O=C(Nc1cc(Cl)c(OC(F)F)c(Cl)c1)C1CCCN1. The number of anilines is 1. The fraction of sp³-hybridized carbons (Fsp3) is 0.417. The molecule has 1 aromatic carbocycles. The molecule has 1 amide bonds. The van der Waals surface area contributed by atoms with E-state index in [2.05, 4.69) is 15.4 Å². The normalized spacial score (nSPS) is 18.4. The van der Waals surface area contributed by atoms with E-state index in [1.807, 2.05) is 0 Å². The van der Waals surface area contributed by atoms with Gasteiger partial charge in [-0.25, -0.2) is 0 Å². The van der Waals surface area contributed by atoms with Gasteiger partial charge in [0.25, 0.3) is 0 Å². The third-order valence-electron chi connectivity index (χ3n) is 2.85. The first kappa shape index (κ1) is 15.3. The summed E-state index contributed by atoms with van der Waals surface area (Å²) in [5, 5.41) is 5.49. The number of benzene rings is 1. The molecule has 4 nitrogen and oxygen atoms in total. The van der Waals surface area contributed by atoms with Gasteiger partial charge in [0, 0.05) is 5.69 Å². The van der Waals surface area contributed by atoms with Crippen molar-refractivity contribution in [3.8, 4) is 5.75 Å². The largest absolute Gasteiger partial charge is 0.432 e. The number of ether oxygens (including phenoxy) is 1. The summed E-state index contributed by atoms with van der Waals surface area (Å²) in [5.74, 6) is -0.516. The third-order valence-corrected chi connectivity index (χ3v) is 3.41. The van der Waals surface area contributed by atoms with Crippen LogP contribution >= 0.6 is 23.2 Å². The first-order valence-corrected chi connectivity index (χ1v) is 6.71. The van der Waals surface area contributed by atoms with Crippen LogP contribution in [-0.4, -0.2) is 25.1 Å². The minimum Gasteiger partial charge on any atom is -0.432 e. The van der Waals surface area contributed by atoms with Crippen LogP contribution < -0.4 is 15.4 Å². The molecule has 0 radical (unpaired) electrons. The van der Waals surface area contributed by atoms with Crippen LogP contribution in [0.3, 0.4) is 0 Å². The predicted molar refractivity (Wildman–Crippen MR) is 72.7 cm³/mol. The quantitative estimate of drug-likeness (QED) is 0.893. The molecular weight excluding hydrogens is 313 g/mol. The van der Waals surface area contributed by atoms with Crippen molar-refractivity contribution in [3.63, 3.8) is 0 Å². The molecule has 2 N–H and O–H groups in total. The minimum atomic E-state index is -3.02. The molecule has 0 saturated carbocycles. The van der Waals surface area contributed by atoms with E-state index in [9.17, 15) is 13.6 Å². The van der Waals surface area contributed by atoms with Crippen LogP contribution in [0.2, 0.25) is 10.0 Å². The van der Waals surface area contributed by atoms with Gasteiger partial charge in [0.2, 0.25) is 5.91 Å². The van der Waals surface area contributed by atoms with Gasteiger partial charge in [0.15, 0.2) is 5.75 Å². The third kappa shape index (κ3) is 3.71. The molecule has 1 heterocycles. The molecule has 0 aromatic heterocycles. The Hall–Kier alpha value is -1.11. The van der Waals surface area contributed by atoms with Gasteiger partial charge in [-0.3, -0.25) is 4.79 Å². The Kier molecular flexibility index (Phi) is 5.01. The Balaban J connectivity index is 2.11. The molecule has 1 atom stereocenters. The molecule has 1 fully saturated rings. The number of rotatable bonds is 4. The summed E-state index contributed by atoms with van der Waals surface area (Å²) >= 11 is 11.6. The fourth-order valence-electron chi connectivity index (χ4n) is 1.97. The lowest BCUT2D eigenvalue weighted by atomic mass is 10.2. The number of hydrogen-bond donors (Lipinski definition) is 2.